The summed E-state index contributed by atoms with van der Waals surface area (Å²) in [5.41, 5.74) is 0.339. The topological polar surface area (TPSA) is 99.9 Å². The van der Waals surface area contributed by atoms with Crippen LogP contribution in [0.1, 0.15) is 10.4 Å². The number of para-hydroxylation sites is 2. The van der Waals surface area contributed by atoms with Gasteiger partial charge in [0.15, 0.2) is 11.5 Å². The zero-order chi connectivity index (χ0) is 17.8. The largest absolute Gasteiger partial charge is 0.486 e. The molecule has 2 aromatic rings. The van der Waals surface area contributed by atoms with Crippen molar-refractivity contribution in [1.82, 2.24) is 0 Å². The number of rotatable bonds is 5. The zero-order valence-electron chi connectivity index (χ0n) is 13.4. The number of carbonyl (C=O) groups is 1. The van der Waals surface area contributed by atoms with Crippen LogP contribution in [-0.2, 0) is 4.74 Å². The van der Waals surface area contributed by atoms with Gasteiger partial charge in [-0.15, -0.1) is 0 Å². The van der Waals surface area contributed by atoms with E-state index in [1.54, 1.807) is 0 Å². The maximum absolute atomic E-state index is 11.9. The van der Waals surface area contributed by atoms with Gasteiger partial charge in [0, 0.05) is 17.8 Å². The highest BCUT2D eigenvalue weighted by Crippen LogP contribution is 2.31. The van der Waals surface area contributed by atoms with E-state index in [9.17, 15) is 14.9 Å². The molecule has 1 heterocycles. The Hall–Kier alpha value is -3.29. The Morgan fingerprint density at radius 3 is 2.80 bits per heavy atom. The third-order valence-corrected chi connectivity index (χ3v) is 3.71. The lowest BCUT2D eigenvalue weighted by Crippen LogP contribution is -2.35. The molecule has 0 spiro atoms. The molecule has 0 bridgehead atoms. The van der Waals surface area contributed by atoms with Gasteiger partial charge in [-0.3, -0.25) is 10.1 Å². The van der Waals surface area contributed by atoms with E-state index in [1.165, 1.54) is 25.3 Å². The summed E-state index contributed by atoms with van der Waals surface area (Å²) in [5.74, 6) is 0.680. The smallest absolute Gasteiger partial charge is 0.340 e. The molecule has 2 aromatic carbocycles. The van der Waals surface area contributed by atoms with E-state index in [1.807, 2.05) is 24.3 Å². The molecule has 8 nitrogen and oxygen atoms in total. The van der Waals surface area contributed by atoms with Gasteiger partial charge < -0.3 is 19.5 Å². The van der Waals surface area contributed by atoms with Crippen molar-refractivity contribution < 1.29 is 23.9 Å². The number of nitrogens with zero attached hydrogens (tertiary/aromatic N) is 1. The van der Waals surface area contributed by atoms with Crippen LogP contribution in [-0.4, -0.2) is 37.3 Å². The highest BCUT2D eigenvalue weighted by Gasteiger charge is 2.22. The lowest BCUT2D eigenvalue weighted by atomic mass is 10.1. The predicted molar refractivity (Wildman–Crippen MR) is 89.3 cm³/mol. The Labute approximate surface area is 143 Å². The van der Waals surface area contributed by atoms with Gasteiger partial charge >= 0.3 is 5.97 Å². The van der Waals surface area contributed by atoms with Gasteiger partial charge in [-0.2, -0.15) is 0 Å². The van der Waals surface area contributed by atoms with Gasteiger partial charge in [0.05, 0.1) is 24.1 Å². The Kier molecular flexibility index (Phi) is 4.69. The van der Waals surface area contributed by atoms with Crippen LogP contribution in [0.2, 0.25) is 0 Å². The molecule has 130 valence electrons. The second kappa shape index (κ2) is 7.08. The fourth-order valence-electron chi connectivity index (χ4n) is 2.47. The molecular formula is C17H16N2O6. The number of ether oxygens (including phenoxy) is 3. The molecule has 0 fully saturated rings. The van der Waals surface area contributed by atoms with Crippen LogP contribution in [0.4, 0.5) is 11.4 Å². The minimum Gasteiger partial charge on any atom is -0.486 e. The molecule has 1 N–H and O–H groups in total. The number of carbonyl (C=O) groups excluding carboxylic acids is 1. The lowest BCUT2D eigenvalue weighted by molar-refractivity contribution is -0.384. The number of nitro benzene ring substituents is 1. The van der Waals surface area contributed by atoms with Gasteiger partial charge in [-0.05, 0) is 18.2 Å². The second-order valence-electron chi connectivity index (χ2n) is 5.36. The lowest BCUT2D eigenvalue weighted by Gasteiger charge is -2.27. The molecule has 0 unspecified atom stereocenters. The Bertz CT molecular complexity index is 807. The highest BCUT2D eigenvalue weighted by atomic mass is 16.6. The number of non-ortho nitro benzene ring substituents is 1. The Morgan fingerprint density at radius 1 is 1.32 bits per heavy atom. The fraction of sp³-hybridized carbons (Fsp3) is 0.235. The number of hydrogen-bond acceptors (Lipinski definition) is 7. The Balaban J connectivity index is 1.73. The first-order valence-electron chi connectivity index (χ1n) is 7.57. The summed E-state index contributed by atoms with van der Waals surface area (Å²) in [5, 5.41) is 14.0. The number of methoxy groups -OCH3 is 1. The van der Waals surface area contributed by atoms with E-state index >= 15 is 0 Å². The van der Waals surface area contributed by atoms with Gasteiger partial charge in [-0.25, -0.2) is 4.79 Å². The van der Waals surface area contributed by atoms with Crippen molar-refractivity contribution >= 4 is 17.3 Å². The number of nitro groups is 1. The number of hydrogen-bond donors (Lipinski definition) is 1. The van der Waals surface area contributed by atoms with E-state index in [2.05, 4.69) is 5.32 Å². The van der Waals surface area contributed by atoms with E-state index in [4.69, 9.17) is 14.2 Å². The molecule has 0 aromatic heterocycles. The van der Waals surface area contributed by atoms with Gasteiger partial charge in [-0.1, -0.05) is 12.1 Å². The van der Waals surface area contributed by atoms with Crippen molar-refractivity contribution in [3.63, 3.8) is 0 Å². The molecule has 0 saturated carbocycles. The van der Waals surface area contributed by atoms with Crippen LogP contribution in [0.3, 0.4) is 0 Å². The summed E-state index contributed by atoms with van der Waals surface area (Å²) in [7, 11) is 1.22. The SMILES string of the molecule is COC(=O)c1cc([N+](=O)[O-])ccc1NC[C@@H]1COc2ccccc2O1. The van der Waals surface area contributed by atoms with Crippen molar-refractivity contribution in [2.24, 2.45) is 0 Å². The van der Waals surface area contributed by atoms with Crippen molar-refractivity contribution in [3.8, 4) is 11.5 Å². The van der Waals surface area contributed by atoms with E-state index < -0.39 is 10.9 Å². The summed E-state index contributed by atoms with van der Waals surface area (Å²) in [6.07, 6.45) is -0.268. The summed E-state index contributed by atoms with van der Waals surface area (Å²) < 4.78 is 16.2. The van der Waals surface area contributed by atoms with E-state index in [0.717, 1.165) is 0 Å². The van der Waals surface area contributed by atoms with Gasteiger partial charge in [0.1, 0.15) is 12.7 Å². The van der Waals surface area contributed by atoms with Crippen LogP contribution in [0.25, 0.3) is 0 Å². The van der Waals surface area contributed by atoms with E-state index in [-0.39, 0.29) is 17.4 Å². The normalized spacial score (nSPS) is 15.3. The molecule has 8 heteroatoms. The average Bonchev–Trinajstić information content (AvgIpc) is 2.65. The standard InChI is InChI=1S/C17H16N2O6/c1-23-17(20)13-8-11(19(21)22)6-7-14(13)18-9-12-10-24-15-4-2-3-5-16(15)25-12/h2-8,12,18H,9-10H2,1H3/t12-/m1/s1. The van der Waals surface area contributed by atoms with Crippen molar-refractivity contribution in [1.29, 1.82) is 0 Å². The zero-order valence-corrected chi connectivity index (χ0v) is 13.4. The van der Waals surface area contributed by atoms with Crippen molar-refractivity contribution in [2.45, 2.75) is 6.10 Å². The predicted octanol–water partition coefficient (Wildman–Crippen LogP) is 2.63. The van der Waals surface area contributed by atoms with Crippen LogP contribution in [0, 0.1) is 10.1 Å². The molecule has 0 saturated heterocycles. The molecule has 1 aliphatic heterocycles. The third-order valence-electron chi connectivity index (χ3n) is 3.71. The maximum atomic E-state index is 11.9. The molecule has 0 amide bonds. The second-order valence-corrected chi connectivity index (χ2v) is 5.36. The Morgan fingerprint density at radius 2 is 2.08 bits per heavy atom. The number of nitrogens with one attached hydrogen (secondary N) is 1. The highest BCUT2D eigenvalue weighted by molar-refractivity contribution is 5.96. The number of fused-ring (bicyclic) bond motifs is 1. The minimum atomic E-state index is -0.655. The monoisotopic (exact) mass is 344 g/mol. The molecular weight excluding hydrogens is 328 g/mol. The fourth-order valence-corrected chi connectivity index (χ4v) is 2.47. The third kappa shape index (κ3) is 3.63. The number of esters is 1. The summed E-state index contributed by atoms with van der Waals surface area (Å²) in [6, 6.07) is 11.3. The molecule has 1 aliphatic rings. The first-order valence-corrected chi connectivity index (χ1v) is 7.57. The molecule has 1 atom stereocenters. The summed E-state index contributed by atoms with van der Waals surface area (Å²) >= 11 is 0. The molecule has 25 heavy (non-hydrogen) atoms. The average molecular weight is 344 g/mol. The summed E-state index contributed by atoms with van der Waals surface area (Å²) in [4.78, 5) is 22.2. The minimum absolute atomic E-state index is 0.0915. The number of anilines is 1. The molecule has 0 aliphatic carbocycles. The maximum Gasteiger partial charge on any atom is 0.340 e. The number of benzene rings is 2. The quantitative estimate of drug-likeness (QED) is 0.505. The first-order chi connectivity index (χ1) is 12.1. The van der Waals surface area contributed by atoms with E-state index in [0.29, 0.717) is 30.3 Å². The van der Waals surface area contributed by atoms with Crippen LogP contribution in [0.5, 0.6) is 11.5 Å². The van der Waals surface area contributed by atoms with Gasteiger partial charge in [0.25, 0.3) is 5.69 Å². The molecule has 0 radical (unpaired) electrons. The van der Waals surface area contributed by atoms with Crippen LogP contribution >= 0.6 is 0 Å². The van der Waals surface area contributed by atoms with Crippen LogP contribution in [0.15, 0.2) is 42.5 Å². The molecule has 3 rings (SSSR count). The summed E-state index contributed by atoms with van der Waals surface area (Å²) in [6.45, 7) is 0.709. The van der Waals surface area contributed by atoms with Gasteiger partial charge in [0.2, 0.25) is 0 Å². The van der Waals surface area contributed by atoms with Crippen molar-refractivity contribution in [3.05, 3.63) is 58.1 Å². The van der Waals surface area contributed by atoms with Crippen LogP contribution < -0.4 is 14.8 Å². The van der Waals surface area contributed by atoms with Crippen molar-refractivity contribution in [2.75, 3.05) is 25.6 Å². The first kappa shape index (κ1) is 16.6.